The van der Waals surface area contributed by atoms with Gasteiger partial charge in [0.2, 0.25) is 5.91 Å². The van der Waals surface area contributed by atoms with Gasteiger partial charge in [-0.2, -0.15) is 0 Å². The average molecular weight is 210 g/mol. The smallest absolute Gasteiger partial charge is 0.327 e. The summed E-state index contributed by atoms with van der Waals surface area (Å²) in [6.07, 6.45) is 5.39. The number of carboxylic acid groups (broad SMARTS) is 1. The summed E-state index contributed by atoms with van der Waals surface area (Å²) in [4.78, 5) is 22.0. The summed E-state index contributed by atoms with van der Waals surface area (Å²) in [5.74, 6) is 1.22. The highest BCUT2D eigenvalue weighted by atomic mass is 16.4. The third-order valence-electron chi connectivity index (χ3n) is 2.30. The molecular weight excluding hydrogens is 196 g/mol. The molecule has 0 aromatic rings. The summed E-state index contributed by atoms with van der Waals surface area (Å²) in [5.41, 5.74) is 0. The van der Waals surface area contributed by atoms with Gasteiger partial charge in [-0.3, -0.25) is 4.79 Å². The highest BCUT2D eigenvalue weighted by Crippen LogP contribution is 2.08. The summed E-state index contributed by atoms with van der Waals surface area (Å²) in [6.45, 7) is 1.64. The first-order valence-electron chi connectivity index (χ1n) is 4.80. The van der Waals surface area contributed by atoms with E-state index in [1.54, 1.807) is 0 Å². The van der Waals surface area contributed by atoms with Crippen LogP contribution in [0.4, 0.5) is 0 Å². The number of aliphatic carboxylic acids is 1. The molecule has 1 atom stereocenters. The van der Waals surface area contributed by atoms with Crippen LogP contribution in [0.3, 0.4) is 0 Å². The largest absolute Gasteiger partial charge is 0.480 e. The molecule has 0 saturated carbocycles. The van der Waals surface area contributed by atoms with Crippen molar-refractivity contribution in [3.05, 3.63) is 0 Å². The minimum atomic E-state index is -1.09. The topological polar surface area (TPSA) is 78.4 Å². The number of carboxylic acids is 1. The fourth-order valence-corrected chi connectivity index (χ4v) is 1.33. The van der Waals surface area contributed by atoms with Gasteiger partial charge < -0.3 is 15.7 Å². The van der Waals surface area contributed by atoms with Crippen LogP contribution in [0, 0.1) is 18.3 Å². The molecule has 1 fully saturated rings. The number of terminal acetylenes is 1. The van der Waals surface area contributed by atoms with Crippen LogP contribution < -0.4 is 10.6 Å². The van der Waals surface area contributed by atoms with Gasteiger partial charge >= 0.3 is 5.97 Å². The molecule has 5 heteroatoms. The van der Waals surface area contributed by atoms with Crippen LogP contribution in [0.2, 0.25) is 0 Å². The Balaban J connectivity index is 2.33. The molecule has 1 aliphatic heterocycles. The van der Waals surface area contributed by atoms with Gasteiger partial charge in [0.05, 0.1) is 0 Å². The van der Waals surface area contributed by atoms with Crippen molar-refractivity contribution < 1.29 is 14.7 Å². The van der Waals surface area contributed by atoms with Crippen molar-refractivity contribution in [2.75, 3.05) is 13.1 Å². The van der Waals surface area contributed by atoms with Gasteiger partial charge in [0, 0.05) is 12.8 Å². The number of hydrogen-bond acceptors (Lipinski definition) is 3. The van der Waals surface area contributed by atoms with Crippen LogP contribution in [0.1, 0.15) is 12.8 Å². The SMILES string of the molecule is C#CCC(NC(=O)CC1CNC1)C(=O)O. The molecule has 1 heterocycles. The summed E-state index contributed by atoms with van der Waals surface area (Å²) in [6, 6.07) is -0.962. The van der Waals surface area contributed by atoms with Gasteiger partial charge in [-0.25, -0.2) is 4.79 Å². The minimum absolute atomic E-state index is 0.0178. The zero-order valence-electron chi connectivity index (χ0n) is 8.32. The molecular formula is C10H14N2O3. The molecule has 0 radical (unpaired) electrons. The van der Waals surface area contributed by atoms with Gasteiger partial charge in [-0.1, -0.05) is 0 Å². The molecule has 1 aliphatic rings. The number of amides is 1. The van der Waals surface area contributed by atoms with Crippen molar-refractivity contribution in [2.45, 2.75) is 18.9 Å². The molecule has 82 valence electrons. The van der Waals surface area contributed by atoms with Crippen LogP contribution in [-0.4, -0.2) is 36.1 Å². The van der Waals surface area contributed by atoms with Gasteiger partial charge in [-0.05, 0) is 19.0 Å². The van der Waals surface area contributed by atoms with Crippen LogP contribution >= 0.6 is 0 Å². The molecule has 0 aliphatic carbocycles. The zero-order valence-corrected chi connectivity index (χ0v) is 8.32. The normalized spacial score (nSPS) is 17.3. The first kappa shape index (κ1) is 11.5. The molecule has 1 unspecified atom stereocenters. The highest BCUT2D eigenvalue weighted by Gasteiger charge is 2.23. The monoisotopic (exact) mass is 210 g/mol. The predicted molar refractivity (Wildman–Crippen MR) is 54.0 cm³/mol. The van der Waals surface area contributed by atoms with E-state index in [0.717, 1.165) is 13.1 Å². The Morgan fingerprint density at radius 1 is 1.60 bits per heavy atom. The second kappa shape index (κ2) is 5.37. The van der Waals surface area contributed by atoms with Gasteiger partial charge in [0.25, 0.3) is 0 Å². The first-order chi connectivity index (χ1) is 7.13. The molecule has 0 aromatic carbocycles. The van der Waals surface area contributed by atoms with Crippen LogP contribution in [0.5, 0.6) is 0 Å². The van der Waals surface area contributed by atoms with Crippen molar-refractivity contribution in [3.8, 4) is 12.3 Å². The second-order valence-electron chi connectivity index (χ2n) is 3.59. The Labute approximate surface area is 88.2 Å². The second-order valence-corrected chi connectivity index (χ2v) is 3.59. The Morgan fingerprint density at radius 2 is 2.27 bits per heavy atom. The number of hydrogen-bond donors (Lipinski definition) is 3. The van der Waals surface area contributed by atoms with Crippen molar-refractivity contribution >= 4 is 11.9 Å². The van der Waals surface area contributed by atoms with Crippen molar-refractivity contribution in [1.82, 2.24) is 10.6 Å². The molecule has 1 saturated heterocycles. The maximum absolute atomic E-state index is 11.4. The van der Waals surface area contributed by atoms with E-state index in [-0.39, 0.29) is 12.3 Å². The van der Waals surface area contributed by atoms with E-state index < -0.39 is 12.0 Å². The molecule has 1 amide bonds. The maximum atomic E-state index is 11.4. The lowest BCUT2D eigenvalue weighted by Gasteiger charge is -2.26. The summed E-state index contributed by atoms with van der Waals surface area (Å²) < 4.78 is 0. The molecule has 15 heavy (non-hydrogen) atoms. The number of rotatable bonds is 5. The minimum Gasteiger partial charge on any atom is -0.480 e. The number of carbonyl (C=O) groups excluding carboxylic acids is 1. The van der Waals surface area contributed by atoms with Crippen LogP contribution in [0.25, 0.3) is 0 Å². The fraction of sp³-hybridized carbons (Fsp3) is 0.600. The van der Waals surface area contributed by atoms with Crippen LogP contribution in [-0.2, 0) is 9.59 Å². The van der Waals surface area contributed by atoms with E-state index in [0.29, 0.717) is 12.3 Å². The lowest BCUT2D eigenvalue weighted by molar-refractivity contribution is -0.141. The summed E-state index contributed by atoms with van der Waals surface area (Å²) >= 11 is 0. The van der Waals surface area contributed by atoms with E-state index in [1.165, 1.54) is 0 Å². The predicted octanol–water partition coefficient (Wildman–Crippen LogP) is -0.811. The number of carbonyl (C=O) groups is 2. The van der Waals surface area contributed by atoms with Gasteiger partial charge in [0.15, 0.2) is 0 Å². The van der Waals surface area contributed by atoms with Crippen molar-refractivity contribution in [2.24, 2.45) is 5.92 Å². The quantitative estimate of drug-likeness (QED) is 0.518. The van der Waals surface area contributed by atoms with E-state index in [9.17, 15) is 9.59 Å². The van der Waals surface area contributed by atoms with E-state index in [1.807, 2.05) is 0 Å². The summed E-state index contributed by atoms with van der Waals surface area (Å²) in [7, 11) is 0. The van der Waals surface area contributed by atoms with Gasteiger partial charge in [0.1, 0.15) is 6.04 Å². The summed E-state index contributed by atoms with van der Waals surface area (Å²) in [5, 5.41) is 14.2. The third-order valence-corrected chi connectivity index (χ3v) is 2.30. The molecule has 3 N–H and O–H groups in total. The molecule has 1 rings (SSSR count). The van der Waals surface area contributed by atoms with E-state index in [2.05, 4.69) is 16.6 Å². The van der Waals surface area contributed by atoms with E-state index >= 15 is 0 Å². The van der Waals surface area contributed by atoms with Crippen LogP contribution in [0.15, 0.2) is 0 Å². The molecule has 5 nitrogen and oxygen atoms in total. The lowest BCUT2D eigenvalue weighted by Crippen LogP contribution is -2.47. The number of nitrogens with one attached hydrogen (secondary N) is 2. The Bertz CT molecular complexity index is 292. The highest BCUT2D eigenvalue weighted by molar-refractivity contribution is 5.83. The fourth-order valence-electron chi connectivity index (χ4n) is 1.33. The zero-order chi connectivity index (χ0) is 11.3. The Morgan fingerprint density at radius 3 is 2.67 bits per heavy atom. The Kier molecular flexibility index (Phi) is 4.13. The molecule has 0 aromatic heterocycles. The third kappa shape index (κ3) is 3.60. The average Bonchev–Trinajstić information content (AvgIpc) is 2.10. The lowest BCUT2D eigenvalue weighted by atomic mass is 9.99. The first-order valence-corrected chi connectivity index (χ1v) is 4.80. The molecule has 0 bridgehead atoms. The van der Waals surface area contributed by atoms with Gasteiger partial charge in [-0.15, -0.1) is 12.3 Å². The standard InChI is InChI=1S/C10H14N2O3/c1-2-3-8(10(14)15)12-9(13)4-7-5-11-6-7/h1,7-8,11H,3-6H2,(H,12,13)(H,14,15). The van der Waals surface area contributed by atoms with Crippen molar-refractivity contribution in [1.29, 1.82) is 0 Å². The molecule has 0 spiro atoms. The van der Waals surface area contributed by atoms with Crippen molar-refractivity contribution in [3.63, 3.8) is 0 Å². The van der Waals surface area contributed by atoms with E-state index in [4.69, 9.17) is 11.5 Å². The maximum Gasteiger partial charge on any atom is 0.327 e. The Hall–Kier alpha value is -1.54.